The summed E-state index contributed by atoms with van der Waals surface area (Å²) < 4.78 is 73.9. The Kier molecular flexibility index (Phi) is 5.28. The van der Waals surface area contributed by atoms with Crippen molar-refractivity contribution in [1.82, 2.24) is 10.6 Å². The van der Waals surface area contributed by atoms with Crippen molar-refractivity contribution < 1.29 is 31.1 Å². The van der Waals surface area contributed by atoms with Gasteiger partial charge in [0.05, 0.1) is 0 Å². The Morgan fingerprint density at radius 3 is 2.25 bits per heavy atom. The average Bonchev–Trinajstić information content (AvgIpc) is 2.23. The molecule has 0 spiro atoms. The third-order valence-corrected chi connectivity index (χ3v) is 3.34. The summed E-state index contributed by atoms with van der Waals surface area (Å²) in [6.45, 7) is 2.21. The maximum atomic E-state index is 12.3. The lowest BCUT2D eigenvalue weighted by molar-refractivity contribution is -0.274. The number of rotatable bonds is 3. The normalized spacial score (nSPS) is 24.8. The van der Waals surface area contributed by atoms with Gasteiger partial charge in [-0.1, -0.05) is 6.92 Å². The number of amides is 1. The van der Waals surface area contributed by atoms with Crippen LogP contribution in [0.25, 0.3) is 0 Å². The molecule has 0 radical (unpaired) electrons. The Bertz CT molecular complexity index is 327. The first-order chi connectivity index (χ1) is 9.03. The zero-order chi connectivity index (χ0) is 15.6. The summed E-state index contributed by atoms with van der Waals surface area (Å²) in [7, 11) is 0. The molecule has 2 N–H and O–H groups in total. The molecule has 1 aliphatic heterocycles. The van der Waals surface area contributed by atoms with Crippen LogP contribution >= 0.6 is 0 Å². The number of alkyl halides is 6. The highest BCUT2D eigenvalue weighted by molar-refractivity contribution is 5.80. The smallest absolute Gasteiger partial charge is 0.354 e. The molecule has 1 fully saturated rings. The molecule has 1 heterocycles. The Balaban J connectivity index is 2.63. The van der Waals surface area contributed by atoms with Crippen LogP contribution in [0.2, 0.25) is 0 Å². The van der Waals surface area contributed by atoms with E-state index in [-0.39, 0.29) is 18.5 Å². The van der Waals surface area contributed by atoms with Gasteiger partial charge in [-0.2, -0.15) is 26.3 Å². The molecule has 1 rings (SSSR count). The molecule has 0 aromatic heterocycles. The van der Waals surface area contributed by atoms with Gasteiger partial charge < -0.3 is 10.6 Å². The number of nitrogens with one attached hydrogen (secondary N) is 2. The van der Waals surface area contributed by atoms with Crippen molar-refractivity contribution in [2.24, 2.45) is 11.8 Å². The van der Waals surface area contributed by atoms with Crippen LogP contribution in [0.4, 0.5) is 26.3 Å². The van der Waals surface area contributed by atoms with Crippen LogP contribution in [0.15, 0.2) is 0 Å². The lowest BCUT2D eigenvalue weighted by Gasteiger charge is -2.31. The molecule has 2 unspecified atom stereocenters. The van der Waals surface area contributed by atoms with E-state index in [0.717, 1.165) is 12.8 Å². The number of piperidine rings is 1. The molecule has 0 aliphatic carbocycles. The van der Waals surface area contributed by atoms with E-state index >= 15 is 0 Å². The van der Waals surface area contributed by atoms with Gasteiger partial charge in [0, 0.05) is 12.6 Å². The minimum Gasteiger partial charge on any atom is -0.354 e. The van der Waals surface area contributed by atoms with E-state index in [1.165, 1.54) is 0 Å². The fraction of sp³-hybridized carbons (Fsp3) is 0.909. The number of halogens is 6. The molecule has 9 heteroatoms. The molecule has 0 aromatic rings. The molecule has 0 aromatic carbocycles. The standard InChI is InChI=1S/C11H16F6N2O/c1-6-3-2-4-18-7(6)5-19-9(20)8(10(12,13)14)11(15,16)17/h6-8,18H,2-5H2,1H3,(H,19,20). The highest BCUT2D eigenvalue weighted by Gasteiger charge is 2.61. The van der Waals surface area contributed by atoms with Gasteiger partial charge in [-0.3, -0.25) is 4.79 Å². The van der Waals surface area contributed by atoms with Gasteiger partial charge >= 0.3 is 12.4 Å². The van der Waals surface area contributed by atoms with Gasteiger partial charge in [0.15, 0.2) is 0 Å². The van der Waals surface area contributed by atoms with Crippen LogP contribution in [0.3, 0.4) is 0 Å². The third-order valence-electron chi connectivity index (χ3n) is 3.34. The molecule has 1 aliphatic rings. The first kappa shape index (κ1) is 17.1. The van der Waals surface area contributed by atoms with Gasteiger partial charge in [-0.05, 0) is 25.3 Å². The van der Waals surface area contributed by atoms with Crippen LogP contribution in [-0.4, -0.2) is 37.4 Å². The van der Waals surface area contributed by atoms with E-state index in [2.05, 4.69) is 5.32 Å². The highest BCUT2D eigenvalue weighted by atomic mass is 19.4. The zero-order valence-electron chi connectivity index (χ0n) is 10.7. The van der Waals surface area contributed by atoms with Crippen molar-refractivity contribution in [2.45, 2.75) is 38.2 Å². The van der Waals surface area contributed by atoms with E-state index in [1.807, 2.05) is 6.92 Å². The fourth-order valence-corrected chi connectivity index (χ4v) is 2.18. The SMILES string of the molecule is CC1CCCNC1CNC(=O)C(C(F)(F)F)C(F)(F)F. The largest absolute Gasteiger partial charge is 0.409 e. The second-order valence-electron chi connectivity index (χ2n) is 4.94. The van der Waals surface area contributed by atoms with Crippen LogP contribution in [0, 0.1) is 11.8 Å². The molecular weight excluding hydrogens is 290 g/mol. The van der Waals surface area contributed by atoms with E-state index in [4.69, 9.17) is 0 Å². The summed E-state index contributed by atoms with van der Waals surface area (Å²) in [5, 5.41) is 4.72. The predicted octanol–water partition coefficient (Wildman–Crippen LogP) is 2.23. The molecule has 3 nitrogen and oxygen atoms in total. The first-order valence-corrected chi connectivity index (χ1v) is 6.18. The van der Waals surface area contributed by atoms with Crippen molar-refractivity contribution >= 4 is 5.91 Å². The van der Waals surface area contributed by atoms with Crippen molar-refractivity contribution in [3.8, 4) is 0 Å². The second kappa shape index (κ2) is 6.19. The van der Waals surface area contributed by atoms with Crippen LogP contribution in [-0.2, 0) is 4.79 Å². The maximum Gasteiger partial charge on any atom is 0.409 e. The first-order valence-electron chi connectivity index (χ1n) is 6.18. The lowest BCUT2D eigenvalue weighted by Crippen LogP contribution is -2.53. The second-order valence-corrected chi connectivity index (χ2v) is 4.94. The topological polar surface area (TPSA) is 41.1 Å². The molecule has 1 saturated heterocycles. The monoisotopic (exact) mass is 306 g/mol. The Hall–Kier alpha value is -0.990. The Morgan fingerprint density at radius 2 is 1.80 bits per heavy atom. The summed E-state index contributed by atoms with van der Waals surface area (Å²) in [5.74, 6) is -5.95. The molecule has 118 valence electrons. The van der Waals surface area contributed by atoms with E-state index in [1.54, 1.807) is 5.32 Å². The molecule has 0 bridgehead atoms. The summed E-state index contributed by atoms with van der Waals surface area (Å²) >= 11 is 0. The molecule has 2 atom stereocenters. The van der Waals surface area contributed by atoms with E-state index in [0.29, 0.717) is 6.54 Å². The minimum absolute atomic E-state index is 0.0827. The fourth-order valence-electron chi connectivity index (χ4n) is 2.18. The van der Waals surface area contributed by atoms with Crippen molar-refractivity contribution in [2.75, 3.05) is 13.1 Å². The molecule has 0 saturated carbocycles. The number of hydrogen-bond acceptors (Lipinski definition) is 2. The van der Waals surface area contributed by atoms with Gasteiger partial charge in [-0.25, -0.2) is 0 Å². The minimum atomic E-state index is -5.64. The number of hydrogen-bond donors (Lipinski definition) is 2. The summed E-state index contributed by atoms with van der Waals surface area (Å²) in [6, 6.07) is -0.310. The van der Waals surface area contributed by atoms with Crippen molar-refractivity contribution in [3.63, 3.8) is 0 Å². The summed E-state index contributed by atoms with van der Waals surface area (Å²) in [5.41, 5.74) is 0. The summed E-state index contributed by atoms with van der Waals surface area (Å²) in [6.07, 6.45) is -9.59. The van der Waals surface area contributed by atoms with Crippen LogP contribution in [0.5, 0.6) is 0 Å². The predicted molar refractivity (Wildman–Crippen MR) is 58.8 cm³/mol. The van der Waals surface area contributed by atoms with Crippen LogP contribution < -0.4 is 10.6 Å². The van der Waals surface area contributed by atoms with Crippen molar-refractivity contribution in [1.29, 1.82) is 0 Å². The van der Waals surface area contributed by atoms with E-state index < -0.39 is 24.2 Å². The molecule has 1 amide bonds. The van der Waals surface area contributed by atoms with E-state index in [9.17, 15) is 31.1 Å². The average molecular weight is 306 g/mol. The molecule has 20 heavy (non-hydrogen) atoms. The summed E-state index contributed by atoms with van der Waals surface area (Å²) in [4.78, 5) is 11.2. The van der Waals surface area contributed by atoms with Gasteiger partial charge in [0.1, 0.15) is 0 Å². The zero-order valence-corrected chi connectivity index (χ0v) is 10.7. The van der Waals surface area contributed by atoms with Crippen molar-refractivity contribution in [3.05, 3.63) is 0 Å². The highest BCUT2D eigenvalue weighted by Crippen LogP contribution is 2.39. The molecular formula is C11H16F6N2O. The van der Waals surface area contributed by atoms with Gasteiger partial charge in [0.2, 0.25) is 11.8 Å². The van der Waals surface area contributed by atoms with Gasteiger partial charge in [-0.15, -0.1) is 0 Å². The maximum absolute atomic E-state index is 12.3. The third kappa shape index (κ3) is 4.53. The van der Waals surface area contributed by atoms with Gasteiger partial charge in [0.25, 0.3) is 0 Å². The quantitative estimate of drug-likeness (QED) is 0.785. The number of carbonyl (C=O) groups is 1. The Labute approximate surface area is 112 Å². The Morgan fingerprint density at radius 1 is 1.25 bits per heavy atom. The van der Waals surface area contributed by atoms with Crippen LogP contribution in [0.1, 0.15) is 19.8 Å². The lowest BCUT2D eigenvalue weighted by atomic mass is 9.92. The number of carbonyl (C=O) groups excluding carboxylic acids is 1.